The van der Waals surface area contributed by atoms with Crippen molar-refractivity contribution in [3.05, 3.63) is 59.7 Å². The van der Waals surface area contributed by atoms with E-state index in [1.165, 1.54) is 12.1 Å². The molecule has 2 aromatic rings. The van der Waals surface area contributed by atoms with Crippen molar-refractivity contribution >= 4 is 11.6 Å². The SMILES string of the molecule is CC(NC1C(=O)Nc2ccc(F)cc21)c1cccnc1. The first kappa shape index (κ1) is 12.7. The maximum atomic E-state index is 13.3. The summed E-state index contributed by atoms with van der Waals surface area (Å²) in [5.41, 5.74) is 2.28. The number of hydrogen-bond donors (Lipinski definition) is 2. The molecule has 2 heterocycles. The highest BCUT2D eigenvalue weighted by Crippen LogP contribution is 2.32. The van der Waals surface area contributed by atoms with E-state index in [1.807, 2.05) is 19.1 Å². The predicted molar refractivity (Wildman–Crippen MR) is 73.6 cm³/mol. The second-order valence-electron chi connectivity index (χ2n) is 4.83. The Bertz CT molecular complexity index is 645. The molecule has 1 aromatic heterocycles. The van der Waals surface area contributed by atoms with Crippen LogP contribution in [0.15, 0.2) is 42.7 Å². The van der Waals surface area contributed by atoms with E-state index in [-0.39, 0.29) is 17.8 Å². The molecule has 1 aliphatic heterocycles. The third-order valence-electron chi connectivity index (χ3n) is 3.45. The van der Waals surface area contributed by atoms with E-state index in [1.54, 1.807) is 18.5 Å². The van der Waals surface area contributed by atoms with Crippen LogP contribution in [0, 0.1) is 5.82 Å². The number of amides is 1. The van der Waals surface area contributed by atoms with Gasteiger partial charge in [0.2, 0.25) is 5.91 Å². The number of nitrogens with zero attached hydrogens (tertiary/aromatic N) is 1. The quantitative estimate of drug-likeness (QED) is 0.902. The monoisotopic (exact) mass is 271 g/mol. The number of halogens is 1. The van der Waals surface area contributed by atoms with Crippen LogP contribution in [-0.2, 0) is 4.79 Å². The summed E-state index contributed by atoms with van der Waals surface area (Å²) in [6.07, 6.45) is 3.44. The average Bonchev–Trinajstić information content (AvgIpc) is 2.76. The first-order valence-electron chi connectivity index (χ1n) is 6.41. The number of hydrogen-bond acceptors (Lipinski definition) is 3. The maximum absolute atomic E-state index is 13.3. The van der Waals surface area contributed by atoms with Gasteiger partial charge in [-0.1, -0.05) is 6.07 Å². The van der Waals surface area contributed by atoms with E-state index in [0.717, 1.165) is 5.56 Å². The standard InChI is InChI=1S/C15H14FN3O/c1-9(10-3-2-6-17-8-10)18-14-12-7-11(16)4-5-13(12)19-15(14)20/h2-9,14,18H,1H3,(H,19,20). The van der Waals surface area contributed by atoms with Crippen LogP contribution in [-0.4, -0.2) is 10.9 Å². The fraction of sp³-hybridized carbons (Fsp3) is 0.200. The van der Waals surface area contributed by atoms with Gasteiger partial charge in [0, 0.05) is 29.7 Å². The Morgan fingerprint density at radius 1 is 1.40 bits per heavy atom. The van der Waals surface area contributed by atoms with E-state index in [0.29, 0.717) is 11.3 Å². The molecule has 3 rings (SSSR count). The van der Waals surface area contributed by atoms with Crippen molar-refractivity contribution in [3.8, 4) is 0 Å². The van der Waals surface area contributed by atoms with Crippen LogP contribution in [0.5, 0.6) is 0 Å². The smallest absolute Gasteiger partial charge is 0.246 e. The molecule has 20 heavy (non-hydrogen) atoms. The first-order valence-corrected chi connectivity index (χ1v) is 6.41. The van der Waals surface area contributed by atoms with E-state index >= 15 is 0 Å². The average molecular weight is 271 g/mol. The molecule has 4 nitrogen and oxygen atoms in total. The summed E-state index contributed by atoms with van der Waals surface area (Å²) in [7, 11) is 0. The molecule has 1 amide bonds. The third-order valence-corrected chi connectivity index (χ3v) is 3.45. The second kappa shape index (κ2) is 5.02. The van der Waals surface area contributed by atoms with E-state index < -0.39 is 6.04 Å². The van der Waals surface area contributed by atoms with Crippen molar-refractivity contribution in [1.29, 1.82) is 0 Å². The van der Waals surface area contributed by atoms with Crippen LogP contribution in [0.3, 0.4) is 0 Å². The Balaban J connectivity index is 1.85. The van der Waals surface area contributed by atoms with Gasteiger partial charge in [-0.3, -0.25) is 15.1 Å². The molecule has 0 spiro atoms. The second-order valence-corrected chi connectivity index (χ2v) is 4.83. The van der Waals surface area contributed by atoms with Crippen molar-refractivity contribution in [1.82, 2.24) is 10.3 Å². The van der Waals surface area contributed by atoms with Crippen molar-refractivity contribution < 1.29 is 9.18 Å². The summed E-state index contributed by atoms with van der Waals surface area (Å²) in [6, 6.07) is 7.48. The Morgan fingerprint density at radius 3 is 3.00 bits per heavy atom. The van der Waals surface area contributed by atoms with Gasteiger partial charge in [0.05, 0.1) is 0 Å². The van der Waals surface area contributed by atoms with E-state index in [9.17, 15) is 9.18 Å². The zero-order valence-electron chi connectivity index (χ0n) is 10.9. The normalized spacial score (nSPS) is 18.5. The van der Waals surface area contributed by atoms with Crippen LogP contribution < -0.4 is 10.6 Å². The molecule has 2 atom stereocenters. The van der Waals surface area contributed by atoms with Crippen LogP contribution in [0.25, 0.3) is 0 Å². The minimum Gasteiger partial charge on any atom is -0.324 e. The Morgan fingerprint density at radius 2 is 2.25 bits per heavy atom. The molecular weight excluding hydrogens is 257 g/mol. The number of carbonyl (C=O) groups excluding carboxylic acids is 1. The molecule has 0 fully saturated rings. The van der Waals surface area contributed by atoms with Gasteiger partial charge < -0.3 is 5.32 Å². The fourth-order valence-corrected chi connectivity index (χ4v) is 2.38. The number of anilines is 1. The van der Waals surface area contributed by atoms with Crippen LogP contribution in [0.4, 0.5) is 10.1 Å². The summed E-state index contributed by atoms with van der Waals surface area (Å²) >= 11 is 0. The largest absolute Gasteiger partial charge is 0.324 e. The lowest BCUT2D eigenvalue weighted by molar-refractivity contribution is -0.117. The van der Waals surface area contributed by atoms with Crippen molar-refractivity contribution in [3.63, 3.8) is 0 Å². The minimum absolute atomic E-state index is 0.0614. The van der Waals surface area contributed by atoms with Gasteiger partial charge in [-0.25, -0.2) is 4.39 Å². The molecule has 2 unspecified atom stereocenters. The molecule has 0 aliphatic carbocycles. The molecule has 1 aromatic carbocycles. The number of rotatable bonds is 3. The van der Waals surface area contributed by atoms with Crippen LogP contribution >= 0.6 is 0 Å². The Kier molecular flexibility index (Phi) is 3.20. The predicted octanol–water partition coefficient (Wildman–Crippen LogP) is 2.56. The molecule has 1 aliphatic rings. The van der Waals surface area contributed by atoms with E-state index in [4.69, 9.17) is 0 Å². The van der Waals surface area contributed by atoms with Gasteiger partial charge in [-0.05, 0) is 36.8 Å². The lowest BCUT2D eigenvalue weighted by Gasteiger charge is -2.18. The van der Waals surface area contributed by atoms with Crippen LogP contribution in [0.2, 0.25) is 0 Å². The molecule has 102 valence electrons. The summed E-state index contributed by atoms with van der Waals surface area (Å²) in [5.74, 6) is -0.512. The van der Waals surface area contributed by atoms with Gasteiger partial charge in [0.15, 0.2) is 0 Å². The molecule has 0 radical (unpaired) electrons. The summed E-state index contributed by atoms with van der Waals surface area (Å²) in [5, 5.41) is 5.96. The van der Waals surface area contributed by atoms with Crippen molar-refractivity contribution in [2.45, 2.75) is 19.0 Å². The van der Waals surface area contributed by atoms with Gasteiger partial charge in [-0.15, -0.1) is 0 Å². The number of fused-ring (bicyclic) bond motifs is 1. The topological polar surface area (TPSA) is 54.0 Å². The highest BCUT2D eigenvalue weighted by atomic mass is 19.1. The highest BCUT2D eigenvalue weighted by Gasteiger charge is 2.31. The molecular formula is C15H14FN3O. The number of benzene rings is 1. The minimum atomic E-state index is -0.545. The first-order chi connectivity index (χ1) is 9.65. The van der Waals surface area contributed by atoms with Crippen LogP contribution in [0.1, 0.15) is 30.1 Å². The van der Waals surface area contributed by atoms with Crippen molar-refractivity contribution in [2.24, 2.45) is 0 Å². The highest BCUT2D eigenvalue weighted by molar-refractivity contribution is 6.02. The van der Waals surface area contributed by atoms with Gasteiger partial charge in [0.25, 0.3) is 0 Å². The number of aromatic nitrogens is 1. The van der Waals surface area contributed by atoms with Gasteiger partial charge in [-0.2, -0.15) is 0 Å². The summed E-state index contributed by atoms with van der Waals surface area (Å²) < 4.78 is 13.3. The lowest BCUT2D eigenvalue weighted by atomic mass is 10.0. The molecule has 2 N–H and O–H groups in total. The summed E-state index contributed by atoms with van der Waals surface area (Å²) in [4.78, 5) is 16.1. The maximum Gasteiger partial charge on any atom is 0.246 e. The number of carbonyl (C=O) groups is 1. The lowest BCUT2D eigenvalue weighted by Crippen LogP contribution is -2.29. The molecule has 0 saturated carbocycles. The van der Waals surface area contributed by atoms with Gasteiger partial charge in [0.1, 0.15) is 11.9 Å². The molecule has 5 heteroatoms. The fourth-order valence-electron chi connectivity index (χ4n) is 2.38. The summed E-state index contributed by atoms with van der Waals surface area (Å²) in [6.45, 7) is 1.95. The van der Waals surface area contributed by atoms with Gasteiger partial charge >= 0.3 is 0 Å². The zero-order chi connectivity index (χ0) is 14.1. The number of pyridine rings is 1. The molecule has 0 saturated heterocycles. The Hall–Kier alpha value is -2.27. The van der Waals surface area contributed by atoms with Crippen molar-refractivity contribution in [2.75, 3.05) is 5.32 Å². The Labute approximate surface area is 116 Å². The molecule has 0 bridgehead atoms. The van der Waals surface area contributed by atoms with E-state index in [2.05, 4.69) is 15.6 Å². The zero-order valence-corrected chi connectivity index (χ0v) is 10.9. The number of nitrogens with one attached hydrogen (secondary N) is 2. The third kappa shape index (κ3) is 2.28.